The maximum atomic E-state index is 8.93. The van der Waals surface area contributed by atoms with Gasteiger partial charge in [-0.25, -0.2) is 4.98 Å². The number of rotatable bonds is 4. The molecule has 1 aromatic heterocycles. The van der Waals surface area contributed by atoms with Crippen LogP contribution >= 0.6 is 0 Å². The molecule has 1 aromatic rings. The Hall–Kier alpha value is -1.20. The lowest BCUT2D eigenvalue weighted by Crippen LogP contribution is -2.47. The van der Waals surface area contributed by atoms with Gasteiger partial charge in [-0.2, -0.15) is 0 Å². The van der Waals surface area contributed by atoms with E-state index in [9.17, 15) is 0 Å². The first-order valence-electron chi connectivity index (χ1n) is 6.58. The molecule has 0 aliphatic carbocycles. The van der Waals surface area contributed by atoms with E-state index in [4.69, 9.17) is 5.11 Å². The van der Waals surface area contributed by atoms with Crippen LogP contribution in [-0.4, -0.2) is 52.7 Å². The molecular formula is C13H22N4O. The quantitative estimate of drug-likeness (QED) is 0.854. The van der Waals surface area contributed by atoms with Gasteiger partial charge in [0.25, 0.3) is 0 Å². The molecule has 1 N–H and O–H groups in total. The second-order valence-electron chi connectivity index (χ2n) is 5.21. The molecule has 0 bridgehead atoms. The van der Waals surface area contributed by atoms with Crippen molar-refractivity contribution in [3.05, 3.63) is 18.1 Å². The molecule has 0 saturated carbocycles. The summed E-state index contributed by atoms with van der Waals surface area (Å²) in [5.41, 5.74) is 0.622. The zero-order valence-corrected chi connectivity index (χ0v) is 11.2. The largest absolute Gasteiger partial charge is 0.390 e. The van der Waals surface area contributed by atoms with E-state index < -0.39 is 0 Å². The Balaban J connectivity index is 1.88. The molecule has 0 unspecified atom stereocenters. The maximum Gasteiger partial charge on any atom is 0.147 e. The normalized spacial score (nSPS) is 17.4. The molecular weight excluding hydrogens is 228 g/mol. The fraction of sp³-hybridized carbons (Fsp3) is 0.692. The van der Waals surface area contributed by atoms with E-state index in [1.54, 1.807) is 12.4 Å². The van der Waals surface area contributed by atoms with E-state index in [2.05, 4.69) is 33.6 Å². The summed E-state index contributed by atoms with van der Waals surface area (Å²) in [7, 11) is 0. The van der Waals surface area contributed by atoms with E-state index in [0.717, 1.165) is 37.9 Å². The first-order chi connectivity index (χ1) is 8.69. The van der Waals surface area contributed by atoms with Gasteiger partial charge in [-0.15, -0.1) is 0 Å². The summed E-state index contributed by atoms with van der Waals surface area (Å²) in [5, 5.41) is 8.93. The number of aliphatic hydroxyl groups is 1. The van der Waals surface area contributed by atoms with Gasteiger partial charge in [0.2, 0.25) is 0 Å². The molecule has 1 aliphatic heterocycles. The van der Waals surface area contributed by atoms with Gasteiger partial charge < -0.3 is 10.0 Å². The lowest BCUT2D eigenvalue weighted by molar-refractivity contribution is 0.231. The molecule has 2 heterocycles. The topological polar surface area (TPSA) is 52.5 Å². The molecule has 1 aliphatic rings. The van der Waals surface area contributed by atoms with Crippen molar-refractivity contribution in [2.45, 2.75) is 20.5 Å². The van der Waals surface area contributed by atoms with Crippen LogP contribution in [0, 0.1) is 5.92 Å². The lowest BCUT2D eigenvalue weighted by Gasteiger charge is -2.36. The summed E-state index contributed by atoms with van der Waals surface area (Å²) in [6.07, 6.45) is 3.40. The smallest absolute Gasteiger partial charge is 0.147 e. The predicted molar refractivity (Wildman–Crippen MR) is 71.4 cm³/mol. The highest BCUT2D eigenvalue weighted by Gasteiger charge is 2.18. The Morgan fingerprint density at radius 3 is 2.39 bits per heavy atom. The van der Waals surface area contributed by atoms with E-state index >= 15 is 0 Å². The van der Waals surface area contributed by atoms with E-state index in [-0.39, 0.29) is 6.61 Å². The maximum absolute atomic E-state index is 8.93. The summed E-state index contributed by atoms with van der Waals surface area (Å²) >= 11 is 0. The summed E-state index contributed by atoms with van der Waals surface area (Å²) in [6, 6.07) is 0. The molecule has 2 rings (SSSR count). The van der Waals surface area contributed by atoms with Crippen LogP contribution in [0.3, 0.4) is 0 Å². The SMILES string of the molecule is CC(C)CN1CCN(c2cnc(CO)cn2)CC1. The van der Waals surface area contributed by atoms with Crippen LogP contribution in [0.15, 0.2) is 12.4 Å². The van der Waals surface area contributed by atoms with Crippen molar-refractivity contribution >= 4 is 5.82 Å². The van der Waals surface area contributed by atoms with Crippen LogP contribution in [0.4, 0.5) is 5.82 Å². The van der Waals surface area contributed by atoms with Gasteiger partial charge in [0.15, 0.2) is 0 Å². The molecule has 0 spiro atoms. The zero-order chi connectivity index (χ0) is 13.0. The Labute approximate surface area is 108 Å². The molecule has 0 radical (unpaired) electrons. The second kappa shape index (κ2) is 6.11. The number of piperazine rings is 1. The van der Waals surface area contributed by atoms with Crippen molar-refractivity contribution in [1.82, 2.24) is 14.9 Å². The summed E-state index contributed by atoms with van der Waals surface area (Å²) in [4.78, 5) is 13.3. The minimum atomic E-state index is -0.0462. The summed E-state index contributed by atoms with van der Waals surface area (Å²) in [6.45, 7) is 9.80. The van der Waals surface area contributed by atoms with Gasteiger partial charge in [0, 0.05) is 32.7 Å². The molecule has 1 saturated heterocycles. The summed E-state index contributed by atoms with van der Waals surface area (Å²) in [5.74, 6) is 1.64. The molecule has 18 heavy (non-hydrogen) atoms. The van der Waals surface area contributed by atoms with Crippen LogP contribution < -0.4 is 4.90 Å². The predicted octanol–water partition coefficient (Wildman–Crippen LogP) is 0.747. The molecule has 0 aromatic carbocycles. The highest BCUT2D eigenvalue weighted by molar-refractivity contribution is 5.36. The molecule has 100 valence electrons. The van der Waals surface area contributed by atoms with Gasteiger partial charge in [-0.05, 0) is 5.92 Å². The fourth-order valence-electron chi connectivity index (χ4n) is 2.27. The van der Waals surface area contributed by atoms with Gasteiger partial charge in [-0.1, -0.05) is 13.8 Å². The van der Waals surface area contributed by atoms with Gasteiger partial charge in [-0.3, -0.25) is 9.88 Å². The molecule has 1 fully saturated rings. The third-order valence-electron chi connectivity index (χ3n) is 3.17. The van der Waals surface area contributed by atoms with Crippen molar-refractivity contribution < 1.29 is 5.11 Å². The van der Waals surface area contributed by atoms with E-state index in [1.807, 2.05) is 0 Å². The Morgan fingerprint density at radius 1 is 1.17 bits per heavy atom. The van der Waals surface area contributed by atoms with Crippen molar-refractivity contribution in [2.75, 3.05) is 37.6 Å². The average Bonchev–Trinajstić information content (AvgIpc) is 2.39. The third kappa shape index (κ3) is 3.40. The summed E-state index contributed by atoms with van der Waals surface area (Å²) < 4.78 is 0. The number of hydrogen-bond acceptors (Lipinski definition) is 5. The Morgan fingerprint density at radius 2 is 1.89 bits per heavy atom. The first-order valence-corrected chi connectivity index (χ1v) is 6.58. The van der Waals surface area contributed by atoms with Crippen molar-refractivity contribution in [1.29, 1.82) is 0 Å². The number of aromatic nitrogens is 2. The van der Waals surface area contributed by atoms with E-state index in [0.29, 0.717) is 5.69 Å². The van der Waals surface area contributed by atoms with Crippen LogP contribution in [0.25, 0.3) is 0 Å². The highest BCUT2D eigenvalue weighted by atomic mass is 16.3. The molecule has 5 nitrogen and oxygen atoms in total. The lowest BCUT2D eigenvalue weighted by atomic mass is 10.2. The third-order valence-corrected chi connectivity index (χ3v) is 3.17. The molecule has 5 heteroatoms. The van der Waals surface area contributed by atoms with Gasteiger partial charge in [0.1, 0.15) is 5.82 Å². The monoisotopic (exact) mass is 250 g/mol. The fourth-order valence-corrected chi connectivity index (χ4v) is 2.27. The average molecular weight is 250 g/mol. The standard InChI is InChI=1S/C13H22N4O/c1-11(2)9-16-3-5-17(6-4-16)13-8-14-12(10-18)7-15-13/h7-8,11,18H,3-6,9-10H2,1-2H3. The minimum absolute atomic E-state index is 0.0462. The van der Waals surface area contributed by atoms with Gasteiger partial charge >= 0.3 is 0 Å². The zero-order valence-electron chi connectivity index (χ0n) is 11.2. The highest BCUT2D eigenvalue weighted by Crippen LogP contribution is 2.13. The van der Waals surface area contributed by atoms with E-state index in [1.165, 1.54) is 6.54 Å². The molecule has 0 atom stereocenters. The van der Waals surface area contributed by atoms with Crippen molar-refractivity contribution in [3.8, 4) is 0 Å². The molecule has 0 amide bonds. The number of anilines is 1. The number of nitrogens with zero attached hydrogens (tertiary/aromatic N) is 4. The first kappa shape index (κ1) is 13.2. The second-order valence-corrected chi connectivity index (χ2v) is 5.21. The van der Waals surface area contributed by atoms with Crippen LogP contribution in [0.1, 0.15) is 19.5 Å². The number of hydrogen-bond donors (Lipinski definition) is 1. The Kier molecular flexibility index (Phi) is 4.49. The number of aliphatic hydroxyl groups excluding tert-OH is 1. The van der Waals surface area contributed by atoms with Crippen LogP contribution in [-0.2, 0) is 6.61 Å². The van der Waals surface area contributed by atoms with Crippen LogP contribution in [0.2, 0.25) is 0 Å². The van der Waals surface area contributed by atoms with Crippen molar-refractivity contribution in [2.24, 2.45) is 5.92 Å². The minimum Gasteiger partial charge on any atom is -0.390 e. The van der Waals surface area contributed by atoms with Crippen LogP contribution in [0.5, 0.6) is 0 Å². The van der Waals surface area contributed by atoms with Crippen molar-refractivity contribution in [3.63, 3.8) is 0 Å². The van der Waals surface area contributed by atoms with Gasteiger partial charge in [0.05, 0.1) is 24.7 Å². The Bertz CT molecular complexity index is 358.